The quantitative estimate of drug-likeness (QED) is 0.453. The second-order valence-corrected chi connectivity index (χ2v) is 4.24. The topological polar surface area (TPSA) is 85.6 Å². The summed E-state index contributed by atoms with van der Waals surface area (Å²) >= 11 is 0. The number of carbonyl (C=O) groups is 1. The van der Waals surface area contributed by atoms with E-state index in [9.17, 15) is 14.9 Å². The first-order valence-corrected chi connectivity index (χ1v) is 4.88. The molecule has 0 aromatic carbocycles. The van der Waals surface area contributed by atoms with Crippen LogP contribution in [0, 0.1) is 10.1 Å². The summed E-state index contributed by atoms with van der Waals surface area (Å²) in [6, 6.07) is 2.67. The van der Waals surface area contributed by atoms with E-state index in [4.69, 9.17) is 4.84 Å². The van der Waals surface area contributed by atoms with Crippen LogP contribution in [0.4, 0.5) is 11.5 Å². The Morgan fingerprint density at radius 1 is 1.53 bits per heavy atom. The number of aromatic nitrogens is 1. The molecule has 1 rings (SSSR count). The van der Waals surface area contributed by atoms with E-state index < -0.39 is 10.5 Å². The van der Waals surface area contributed by atoms with Gasteiger partial charge in [-0.25, -0.2) is 4.98 Å². The average molecular weight is 239 g/mol. The van der Waals surface area contributed by atoms with Gasteiger partial charge in [0.25, 0.3) is 0 Å². The Hall–Kier alpha value is -2.02. The third kappa shape index (κ3) is 3.49. The number of anilines is 1. The number of pyridine rings is 1. The maximum atomic E-state index is 10.9. The van der Waals surface area contributed by atoms with Gasteiger partial charge in [-0.3, -0.25) is 19.7 Å². The molecule has 0 saturated carbocycles. The molecule has 0 saturated heterocycles. The molecule has 0 N–H and O–H groups in total. The lowest BCUT2D eigenvalue weighted by atomic mass is 10.2. The molecule has 0 aliphatic carbocycles. The Bertz CT molecular complexity index is 428. The molecular weight excluding hydrogens is 226 g/mol. The molecule has 1 amide bonds. The lowest BCUT2D eigenvalue weighted by molar-refractivity contribution is -0.384. The molecule has 1 heterocycles. The van der Waals surface area contributed by atoms with Gasteiger partial charge < -0.3 is 0 Å². The van der Waals surface area contributed by atoms with Crippen LogP contribution in [0.5, 0.6) is 0 Å². The van der Waals surface area contributed by atoms with Crippen molar-refractivity contribution in [3.8, 4) is 0 Å². The van der Waals surface area contributed by atoms with Crippen LogP contribution in [0.2, 0.25) is 0 Å². The molecule has 0 radical (unpaired) electrons. The average Bonchev–Trinajstić information content (AvgIpc) is 2.24. The Morgan fingerprint density at radius 2 is 2.18 bits per heavy atom. The predicted molar refractivity (Wildman–Crippen MR) is 60.3 cm³/mol. The SMILES string of the molecule is CC(C)(C)ON(C=O)c1ncccc1[N+](=O)[O-]. The Kier molecular flexibility index (Phi) is 3.74. The van der Waals surface area contributed by atoms with Crippen LogP contribution in [0.25, 0.3) is 0 Å². The van der Waals surface area contributed by atoms with Gasteiger partial charge in [0, 0.05) is 12.3 Å². The van der Waals surface area contributed by atoms with E-state index in [-0.39, 0.29) is 11.5 Å². The van der Waals surface area contributed by atoms with Gasteiger partial charge in [0.05, 0.1) is 10.5 Å². The van der Waals surface area contributed by atoms with E-state index in [0.29, 0.717) is 6.41 Å². The highest BCUT2D eigenvalue weighted by Gasteiger charge is 2.25. The number of nitro groups is 1. The van der Waals surface area contributed by atoms with Gasteiger partial charge in [-0.2, -0.15) is 5.06 Å². The second-order valence-electron chi connectivity index (χ2n) is 4.24. The first-order chi connectivity index (χ1) is 7.85. The molecule has 0 aliphatic heterocycles. The molecule has 7 heteroatoms. The fourth-order valence-corrected chi connectivity index (χ4v) is 1.11. The number of hydroxylamine groups is 1. The number of hydrogen-bond donors (Lipinski definition) is 0. The lowest BCUT2D eigenvalue weighted by Crippen LogP contribution is -2.33. The van der Waals surface area contributed by atoms with Gasteiger partial charge in [-0.15, -0.1) is 0 Å². The molecule has 0 unspecified atom stereocenters. The minimum atomic E-state index is -0.660. The van der Waals surface area contributed by atoms with Crippen LogP contribution >= 0.6 is 0 Å². The normalized spacial score (nSPS) is 11.0. The van der Waals surface area contributed by atoms with Gasteiger partial charge >= 0.3 is 5.69 Å². The smallest absolute Gasteiger partial charge is 0.276 e. The molecule has 92 valence electrons. The van der Waals surface area contributed by atoms with Crippen molar-refractivity contribution in [3.63, 3.8) is 0 Å². The van der Waals surface area contributed by atoms with Crippen molar-refractivity contribution in [2.24, 2.45) is 0 Å². The highest BCUT2D eigenvalue weighted by Crippen LogP contribution is 2.26. The van der Waals surface area contributed by atoms with E-state index in [0.717, 1.165) is 5.06 Å². The lowest BCUT2D eigenvalue weighted by Gasteiger charge is -2.25. The van der Waals surface area contributed by atoms with Gasteiger partial charge in [-0.1, -0.05) is 0 Å². The van der Waals surface area contributed by atoms with E-state index in [1.165, 1.54) is 18.3 Å². The van der Waals surface area contributed by atoms with Gasteiger partial charge in [-0.05, 0) is 26.8 Å². The monoisotopic (exact) mass is 239 g/mol. The standard InChI is InChI=1S/C10H13N3O4/c1-10(2,3)17-12(7-14)9-8(13(15)16)5-4-6-11-9/h4-7H,1-3H3. The van der Waals surface area contributed by atoms with Crippen molar-refractivity contribution < 1.29 is 14.6 Å². The van der Waals surface area contributed by atoms with Gasteiger partial charge in [0.15, 0.2) is 0 Å². The first kappa shape index (κ1) is 13.0. The van der Waals surface area contributed by atoms with Crippen molar-refractivity contribution in [1.82, 2.24) is 4.98 Å². The summed E-state index contributed by atoms with van der Waals surface area (Å²) < 4.78 is 0. The summed E-state index contributed by atoms with van der Waals surface area (Å²) in [5, 5.41) is 11.5. The van der Waals surface area contributed by atoms with E-state index in [2.05, 4.69) is 4.98 Å². The first-order valence-electron chi connectivity index (χ1n) is 4.88. The van der Waals surface area contributed by atoms with Crippen molar-refractivity contribution in [1.29, 1.82) is 0 Å². The van der Waals surface area contributed by atoms with E-state index in [1.807, 2.05) is 0 Å². The number of nitrogens with zero attached hydrogens (tertiary/aromatic N) is 3. The minimum Gasteiger partial charge on any atom is -0.276 e. The molecule has 1 aromatic rings. The van der Waals surface area contributed by atoms with Crippen LogP contribution in [-0.2, 0) is 9.63 Å². The van der Waals surface area contributed by atoms with Gasteiger partial charge in [0.1, 0.15) is 0 Å². The summed E-state index contributed by atoms with van der Waals surface area (Å²) in [6.45, 7) is 5.16. The third-order valence-corrected chi connectivity index (χ3v) is 1.64. The molecule has 17 heavy (non-hydrogen) atoms. The molecule has 0 spiro atoms. The molecular formula is C10H13N3O4. The van der Waals surface area contributed by atoms with Crippen molar-refractivity contribution in [2.45, 2.75) is 26.4 Å². The highest BCUT2D eigenvalue weighted by molar-refractivity contribution is 5.75. The summed E-state index contributed by atoms with van der Waals surface area (Å²) in [5.41, 5.74) is -0.949. The van der Waals surface area contributed by atoms with Crippen molar-refractivity contribution >= 4 is 17.9 Å². The van der Waals surface area contributed by atoms with Crippen molar-refractivity contribution in [3.05, 3.63) is 28.4 Å². The Balaban J connectivity index is 3.12. The van der Waals surface area contributed by atoms with Crippen LogP contribution in [0.15, 0.2) is 18.3 Å². The van der Waals surface area contributed by atoms with Gasteiger partial charge in [0.2, 0.25) is 12.2 Å². The maximum Gasteiger partial charge on any atom is 0.314 e. The minimum absolute atomic E-state index is 0.137. The zero-order chi connectivity index (χ0) is 13.1. The Morgan fingerprint density at radius 3 is 2.65 bits per heavy atom. The summed E-state index contributed by atoms with van der Waals surface area (Å²) in [6.07, 6.45) is 1.70. The van der Waals surface area contributed by atoms with Crippen molar-refractivity contribution in [2.75, 3.05) is 5.06 Å². The molecule has 0 atom stereocenters. The number of hydrogen-bond acceptors (Lipinski definition) is 5. The van der Waals surface area contributed by atoms with Crippen LogP contribution in [-0.4, -0.2) is 21.9 Å². The maximum absolute atomic E-state index is 10.9. The largest absolute Gasteiger partial charge is 0.314 e. The molecule has 1 aromatic heterocycles. The summed E-state index contributed by atoms with van der Waals surface area (Å²) in [4.78, 5) is 30.1. The fourth-order valence-electron chi connectivity index (χ4n) is 1.11. The summed E-state index contributed by atoms with van der Waals surface area (Å²) in [7, 11) is 0. The highest BCUT2D eigenvalue weighted by atomic mass is 16.7. The third-order valence-electron chi connectivity index (χ3n) is 1.64. The number of rotatable bonds is 4. The zero-order valence-electron chi connectivity index (χ0n) is 9.78. The van der Waals surface area contributed by atoms with Crippen LogP contribution in [0.1, 0.15) is 20.8 Å². The zero-order valence-corrected chi connectivity index (χ0v) is 9.78. The van der Waals surface area contributed by atoms with Crippen LogP contribution < -0.4 is 5.06 Å². The molecule has 0 aliphatic rings. The summed E-state index contributed by atoms with van der Waals surface area (Å²) in [5.74, 6) is -0.137. The van der Waals surface area contributed by atoms with E-state index in [1.54, 1.807) is 20.8 Å². The molecule has 0 fully saturated rings. The fraction of sp³-hybridized carbons (Fsp3) is 0.400. The molecule has 0 bridgehead atoms. The predicted octanol–water partition coefficient (Wildman–Crippen LogP) is 1.68. The Labute approximate surface area is 98.1 Å². The van der Waals surface area contributed by atoms with Crippen LogP contribution in [0.3, 0.4) is 0 Å². The second kappa shape index (κ2) is 4.88. The number of amides is 1. The molecule has 7 nitrogen and oxygen atoms in total. The van der Waals surface area contributed by atoms with E-state index >= 15 is 0 Å². The number of carbonyl (C=O) groups excluding carboxylic acids is 1.